The van der Waals surface area contributed by atoms with Crippen molar-refractivity contribution >= 4 is 17.8 Å². The minimum absolute atomic E-state index is 0.0787. The molecule has 1 atom stereocenters. The molecule has 3 nitrogen and oxygen atoms in total. The van der Waals surface area contributed by atoms with E-state index >= 15 is 0 Å². The average molecular weight is 291 g/mol. The monoisotopic (exact) mass is 291 g/mol. The lowest BCUT2D eigenvalue weighted by atomic mass is 9.86. The zero-order valence-electron chi connectivity index (χ0n) is 12.7. The Morgan fingerprint density at radius 3 is 2.41 bits per heavy atom. The van der Waals surface area contributed by atoms with Crippen molar-refractivity contribution in [3.8, 4) is 0 Å². The predicted molar refractivity (Wildman–Crippen MR) is 86.4 cm³/mol. The lowest BCUT2D eigenvalue weighted by molar-refractivity contribution is -0.108. The topological polar surface area (TPSA) is 38.5 Å². The molecule has 0 aliphatic rings. The molecular formula is C19H17NO2. The molecule has 22 heavy (non-hydrogen) atoms. The molecule has 2 aromatic carbocycles. The lowest BCUT2D eigenvalue weighted by Gasteiger charge is -2.15. The summed E-state index contributed by atoms with van der Waals surface area (Å²) in [6.07, 6.45) is 0.942. The number of carbonyl (C=O) groups excluding carboxylic acids is 2. The third kappa shape index (κ3) is 3.29. The lowest BCUT2D eigenvalue weighted by Crippen LogP contribution is -2.15. The summed E-state index contributed by atoms with van der Waals surface area (Å²) >= 11 is 0. The predicted octanol–water partition coefficient (Wildman–Crippen LogP) is 4.41. The molecule has 0 aliphatic carbocycles. The Kier molecular flexibility index (Phi) is 4.85. The molecule has 2 rings (SSSR count). The third-order valence-electron chi connectivity index (χ3n) is 3.73. The second kappa shape index (κ2) is 6.82. The number of benzene rings is 2. The number of aldehydes is 1. The Morgan fingerprint density at radius 2 is 1.86 bits per heavy atom. The number of carbonyl (C=O) groups is 2. The highest BCUT2D eigenvalue weighted by Crippen LogP contribution is 2.27. The molecular weight excluding hydrogens is 274 g/mol. The molecule has 0 radical (unpaired) electrons. The maximum Gasteiger partial charge on any atom is 0.187 e. The molecule has 0 bridgehead atoms. The number of ketones is 1. The van der Waals surface area contributed by atoms with E-state index in [2.05, 4.69) is 4.85 Å². The van der Waals surface area contributed by atoms with Gasteiger partial charge in [0.05, 0.1) is 12.5 Å². The van der Waals surface area contributed by atoms with Crippen LogP contribution in [0.5, 0.6) is 0 Å². The van der Waals surface area contributed by atoms with E-state index in [1.807, 2.05) is 38.1 Å². The fraction of sp³-hybridized carbons (Fsp3) is 0.211. The summed E-state index contributed by atoms with van der Waals surface area (Å²) in [5.74, 6) is -0.555. The van der Waals surface area contributed by atoms with E-state index in [4.69, 9.17) is 6.57 Å². The summed E-state index contributed by atoms with van der Waals surface area (Å²) < 4.78 is 0. The van der Waals surface area contributed by atoms with Crippen molar-refractivity contribution in [2.75, 3.05) is 0 Å². The molecule has 110 valence electrons. The van der Waals surface area contributed by atoms with E-state index < -0.39 is 5.92 Å². The van der Waals surface area contributed by atoms with Crippen LogP contribution in [-0.4, -0.2) is 12.1 Å². The molecule has 0 spiro atoms. The first-order valence-electron chi connectivity index (χ1n) is 7.09. The van der Waals surface area contributed by atoms with E-state index in [9.17, 15) is 9.59 Å². The van der Waals surface area contributed by atoms with Gasteiger partial charge in [-0.05, 0) is 19.4 Å². The number of aryl methyl sites for hydroxylation is 2. The van der Waals surface area contributed by atoms with Crippen LogP contribution in [0.15, 0.2) is 42.5 Å². The van der Waals surface area contributed by atoms with Gasteiger partial charge in [0.15, 0.2) is 11.5 Å². The summed E-state index contributed by atoms with van der Waals surface area (Å²) in [7, 11) is 0. The first-order chi connectivity index (χ1) is 10.6. The second-order valence-electron chi connectivity index (χ2n) is 5.34. The van der Waals surface area contributed by atoms with Gasteiger partial charge in [-0.25, -0.2) is 4.85 Å². The Labute approximate surface area is 130 Å². The molecule has 2 aromatic rings. The van der Waals surface area contributed by atoms with E-state index in [0.29, 0.717) is 11.3 Å². The average Bonchev–Trinajstić information content (AvgIpc) is 2.53. The first-order valence-corrected chi connectivity index (χ1v) is 7.09. The fourth-order valence-electron chi connectivity index (χ4n) is 2.47. The maximum absolute atomic E-state index is 12.8. The minimum Gasteiger partial charge on any atom is -0.303 e. The van der Waals surface area contributed by atoms with Gasteiger partial charge in [-0.2, -0.15) is 0 Å². The van der Waals surface area contributed by atoms with Gasteiger partial charge in [0.25, 0.3) is 0 Å². The van der Waals surface area contributed by atoms with Gasteiger partial charge in [0, 0.05) is 12.0 Å². The zero-order valence-corrected chi connectivity index (χ0v) is 12.7. The Hall–Kier alpha value is -2.73. The van der Waals surface area contributed by atoms with E-state index in [-0.39, 0.29) is 12.2 Å². The molecule has 0 fully saturated rings. The summed E-state index contributed by atoms with van der Waals surface area (Å²) in [5.41, 5.74) is 3.80. The molecule has 1 unspecified atom stereocenters. The van der Waals surface area contributed by atoms with E-state index in [1.54, 1.807) is 18.2 Å². The molecule has 0 aromatic heterocycles. The van der Waals surface area contributed by atoms with Gasteiger partial charge in [0.1, 0.15) is 6.29 Å². The van der Waals surface area contributed by atoms with Crippen LogP contribution in [0.25, 0.3) is 4.85 Å². The largest absolute Gasteiger partial charge is 0.303 e. The van der Waals surface area contributed by atoms with Gasteiger partial charge in [-0.3, -0.25) is 4.79 Å². The van der Waals surface area contributed by atoms with Crippen molar-refractivity contribution in [3.05, 3.63) is 76.1 Å². The SMILES string of the molecule is [C-]#[N+]c1ccc(C(=O)C(CC=O)c2ccc(C)cc2)c(C)c1. The van der Waals surface area contributed by atoms with Crippen LogP contribution >= 0.6 is 0 Å². The Bertz CT molecular complexity index is 739. The third-order valence-corrected chi connectivity index (χ3v) is 3.73. The van der Waals surface area contributed by atoms with Gasteiger partial charge < -0.3 is 4.79 Å². The smallest absolute Gasteiger partial charge is 0.187 e. The summed E-state index contributed by atoms with van der Waals surface area (Å²) in [4.78, 5) is 27.2. The Balaban J connectivity index is 2.40. The van der Waals surface area contributed by atoms with Crippen molar-refractivity contribution in [2.45, 2.75) is 26.2 Å². The van der Waals surface area contributed by atoms with Crippen LogP contribution < -0.4 is 0 Å². The molecule has 0 aliphatic heterocycles. The Morgan fingerprint density at radius 1 is 1.18 bits per heavy atom. The normalized spacial score (nSPS) is 11.5. The van der Waals surface area contributed by atoms with Crippen molar-refractivity contribution < 1.29 is 9.59 Å². The van der Waals surface area contributed by atoms with Crippen LogP contribution in [0.4, 0.5) is 5.69 Å². The fourth-order valence-corrected chi connectivity index (χ4v) is 2.47. The van der Waals surface area contributed by atoms with Crippen molar-refractivity contribution in [3.63, 3.8) is 0 Å². The number of nitrogens with zero attached hydrogens (tertiary/aromatic N) is 1. The van der Waals surface area contributed by atoms with E-state index in [1.165, 1.54) is 0 Å². The molecule has 0 saturated heterocycles. The molecule has 0 saturated carbocycles. The summed E-state index contributed by atoms with van der Waals surface area (Å²) in [6, 6.07) is 12.7. The maximum atomic E-state index is 12.8. The molecule has 0 amide bonds. The van der Waals surface area contributed by atoms with Crippen molar-refractivity contribution in [1.82, 2.24) is 0 Å². The van der Waals surface area contributed by atoms with Crippen LogP contribution in [-0.2, 0) is 4.79 Å². The zero-order chi connectivity index (χ0) is 16.1. The highest BCUT2D eigenvalue weighted by molar-refractivity contribution is 6.03. The number of Topliss-reactive ketones (excluding diaryl/α,β-unsaturated/α-hetero) is 1. The minimum atomic E-state index is -0.476. The first kappa shape index (κ1) is 15.7. The molecule has 0 heterocycles. The summed E-state index contributed by atoms with van der Waals surface area (Å²) in [5, 5.41) is 0. The van der Waals surface area contributed by atoms with Crippen LogP contribution in [0.1, 0.15) is 39.4 Å². The standard InChI is InChI=1S/C19H17NO2/c1-13-4-6-15(7-5-13)18(10-11-21)19(22)17-9-8-16(20-3)12-14(17)2/h4-9,11-12,18H,10H2,1-2H3. The molecule has 0 N–H and O–H groups in total. The van der Waals surface area contributed by atoms with Crippen molar-refractivity contribution in [2.24, 2.45) is 0 Å². The van der Waals surface area contributed by atoms with E-state index in [0.717, 1.165) is 23.0 Å². The van der Waals surface area contributed by atoms with Crippen molar-refractivity contribution in [1.29, 1.82) is 0 Å². The van der Waals surface area contributed by atoms with Crippen LogP contribution in [0, 0.1) is 20.4 Å². The highest BCUT2D eigenvalue weighted by atomic mass is 16.1. The van der Waals surface area contributed by atoms with Crippen LogP contribution in [0.2, 0.25) is 0 Å². The number of hydrogen-bond donors (Lipinski definition) is 0. The second-order valence-corrected chi connectivity index (χ2v) is 5.34. The summed E-state index contributed by atoms with van der Waals surface area (Å²) in [6.45, 7) is 10.8. The van der Waals surface area contributed by atoms with Gasteiger partial charge in [-0.15, -0.1) is 0 Å². The van der Waals surface area contributed by atoms with Gasteiger partial charge in [0.2, 0.25) is 0 Å². The van der Waals surface area contributed by atoms with Gasteiger partial charge in [-0.1, -0.05) is 53.6 Å². The number of hydrogen-bond acceptors (Lipinski definition) is 2. The highest BCUT2D eigenvalue weighted by Gasteiger charge is 2.23. The van der Waals surface area contributed by atoms with Crippen LogP contribution in [0.3, 0.4) is 0 Å². The quantitative estimate of drug-likeness (QED) is 0.465. The van der Waals surface area contributed by atoms with Gasteiger partial charge >= 0.3 is 0 Å². The number of rotatable bonds is 5. The molecule has 3 heteroatoms.